The molecule has 5 heteroatoms. The number of nitrogens with zero attached hydrogens (tertiary/aromatic N) is 2. The molecule has 0 aliphatic heterocycles. The van der Waals surface area contributed by atoms with Crippen molar-refractivity contribution >= 4 is 17.6 Å². The van der Waals surface area contributed by atoms with Crippen LogP contribution in [0.4, 0.5) is 5.82 Å². The minimum absolute atomic E-state index is 0.153. The first kappa shape index (κ1) is 11.7. The van der Waals surface area contributed by atoms with Crippen LogP contribution in [0.25, 0.3) is 0 Å². The van der Waals surface area contributed by atoms with E-state index in [0.717, 1.165) is 35.8 Å². The van der Waals surface area contributed by atoms with Gasteiger partial charge in [0.25, 0.3) is 0 Å². The van der Waals surface area contributed by atoms with Crippen molar-refractivity contribution in [2.45, 2.75) is 43.5 Å². The predicted octanol–water partition coefficient (Wildman–Crippen LogP) is 1.83. The predicted molar refractivity (Wildman–Crippen MR) is 65.8 cm³/mol. The van der Waals surface area contributed by atoms with E-state index in [9.17, 15) is 5.11 Å². The summed E-state index contributed by atoms with van der Waals surface area (Å²) in [5, 5.41) is 13.6. The van der Waals surface area contributed by atoms with E-state index in [1.54, 1.807) is 0 Å². The quantitative estimate of drug-likeness (QED) is 0.622. The van der Waals surface area contributed by atoms with Gasteiger partial charge in [-0.2, -0.15) is 0 Å². The molecule has 88 valence electrons. The lowest BCUT2D eigenvalue weighted by molar-refractivity contribution is 0.182. The highest BCUT2D eigenvalue weighted by atomic mass is 32.2. The summed E-state index contributed by atoms with van der Waals surface area (Å²) in [5.74, 6) is 0.901. The van der Waals surface area contributed by atoms with Gasteiger partial charge in [-0.15, -0.1) is 0 Å². The number of hydrogen-bond donors (Lipinski definition) is 2. The van der Waals surface area contributed by atoms with E-state index in [0.29, 0.717) is 6.04 Å². The van der Waals surface area contributed by atoms with Crippen LogP contribution in [0, 0.1) is 6.92 Å². The van der Waals surface area contributed by atoms with Gasteiger partial charge in [-0.05, 0) is 32.4 Å². The second kappa shape index (κ2) is 5.01. The van der Waals surface area contributed by atoms with Crippen molar-refractivity contribution in [3.05, 3.63) is 11.8 Å². The molecule has 2 rings (SSSR count). The number of aliphatic hydroxyl groups is 1. The zero-order valence-corrected chi connectivity index (χ0v) is 10.4. The number of aromatic nitrogens is 2. The first-order valence-electron chi connectivity index (χ1n) is 5.51. The summed E-state index contributed by atoms with van der Waals surface area (Å²) < 4.78 is 0. The van der Waals surface area contributed by atoms with Gasteiger partial charge in [0, 0.05) is 17.8 Å². The Bertz CT molecular complexity index is 372. The molecule has 0 bridgehead atoms. The largest absolute Gasteiger partial charge is 0.393 e. The molecule has 0 spiro atoms. The zero-order valence-electron chi connectivity index (χ0n) is 9.60. The van der Waals surface area contributed by atoms with E-state index < -0.39 is 0 Å². The topological polar surface area (TPSA) is 58.0 Å². The molecule has 1 saturated carbocycles. The summed E-state index contributed by atoms with van der Waals surface area (Å²) in [6.45, 7) is 2.00. The van der Waals surface area contributed by atoms with Gasteiger partial charge in [-0.1, -0.05) is 11.8 Å². The lowest BCUT2D eigenvalue weighted by Gasteiger charge is -2.14. The van der Waals surface area contributed by atoms with E-state index in [1.165, 1.54) is 11.8 Å². The number of anilines is 1. The third-order valence-corrected chi connectivity index (χ3v) is 3.44. The fourth-order valence-electron chi connectivity index (χ4n) is 1.95. The van der Waals surface area contributed by atoms with E-state index in [4.69, 9.17) is 0 Å². The van der Waals surface area contributed by atoms with Gasteiger partial charge >= 0.3 is 0 Å². The molecule has 4 nitrogen and oxygen atoms in total. The Kier molecular flexibility index (Phi) is 3.66. The molecule has 1 aromatic heterocycles. The van der Waals surface area contributed by atoms with Crippen LogP contribution in [0.3, 0.4) is 0 Å². The highest BCUT2D eigenvalue weighted by molar-refractivity contribution is 7.98. The Morgan fingerprint density at radius 3 is 2.94 bits per heavy atom. The molecule has 1 aliphatic carbocycles. The summed E-state index contributed by atoms with van der Waals surface area (Å²) in [4.78, 5) is 8.65. The van der Waals surface area contributed by atoms with E-state index in [1.807, 2.05) is 19.4 Å². The van der Waals surface area contributed by atoms with E-state index in [2.05, 4.69) is 15.3 Å². The van der Waals surface area contributed by atoms with Crippen molar-refractivity contribution in [1.29, 1.82) is 0 Å². The number of thioether (sulfide) groups is 1. The van der Waals surface area contributed by atoms with Crippen LogP contribution in [-0.4, -0.2) is 33.5 Å². The van der Waals surface area contributed by atoms with Crippen molar-refractivity contribution in [3.8, 4) is 0 Å². The average molecular weight is 239 g/mol. The highest BCUT2D eigenvalue weighted by Crippen LogP contribution is 2.24. The van der Waals surface area contributed by atoms with Crippen LogP contribution in [-0.2, 0) is 0 Å². The number of rotatable bonds is 3. The molecule has 2 atom stereocenters. The maximum Gasteiger partial charge on any atom is 0.189 e. The van der Waals surface area contributed by atoms with Gasteiger partial charge in [0.2, 0.25) is 0 Å². The Labute approximate surface area is 99.9 Å². The second-order valence-corrected chi connectivity index (χ2v) is 4.97. The van der Waals surface area contributed by atoms with Gasteiger partial charge in [-0.25, -0.2) is 9.97 Å². The van der Waals surface area contributed by atoms with Crippen LogP contribution < -0.4 is 5.32 Å². The second-order valence-electron chi connectivity index (χ2n) is 4.20. The van der Waals surface area contributed by atoms with Crippen LogP contribution in [0.5, 0.6) is 0 Å². The summed E-state index contributed by atoms with van der Waals surface area (Å²) in [6, 6.07) is 0.346. The minimum atomic E-state index is -0.153. The molecule has 1 heterocycles. The van der Waals surface area contributed by atoms with Gasteiger partial charge in [-0.3, -0.25) is 0 Å². The summed E-state index contributed by atoms with van der Waals surface area (Å²) in [7, 11) is 0. The standard InChI is InChI=1S/C11H17N3OS/c1-7-6-12-11(16-2)14-10(7)13-8-3-4-9(15)5-8/h6,8-9,15H,3-5H2,1-2H3,(H,12,13,14). The van der Waals surface area contributed by atoms with Gasteiger partial charge in [0.15, 0.2) is 5.16 Å². The molecular weight excluding hydrogens is 222 g/mol. The molecular formula is C11H17N3OS. The normalized spacial score (nSPS) is 24.7. The third-order valence-electron chi connectivity index (χ3n) is 2.88. The SMILES string of the molecule is CSc1ncc(C)c(NC2CCC(O)C2)n1. The Morgan fingerprint density at radius 1 is 1.50 bits per heavy atom. The lowest BCUT2D eigenvalue weighted by atomic mass is 10.2. The molecule has 0 radical (unpaired) electrons. The molecule has 16 heavy (non-hydrogen) atoms. The average Bonchev–Trinajstić information content (AvgIpc) is 2.67. The van der Waals surface area contributed by atoms with Crippen LogP contribution in [0.2, 0.25) is 0 Å². The van der Waals surface area contributed by atoms with Crippen LogP contribution in [0.1, 0.15) is 24.8 Å². The zero-order chi connectivity index (χ0) is 11.5. The minimum Gasteiger partial charge on any atom is -0.393 e. The highest BCUT2D eigenvalue weighted by Gasteiger charge is 2.23. The van der Waals surface area contributed by atoms with Gasteiger partial charge < -0.3 is 10.4 Å². The first-order chi connectivity index (χ1) is 7.69. The monoisotopic (exact) mass is 239 g/mol. The summed E-state index contributed by atoms with van der Waals surface area (Å²) >= 11 is 1.54. The van der Waals surface area contributed by atoms with Gasteiger partial charge in [0.1, 0.15) is 5.82 Å². The van der Waals surface area contributed by atoms with Crippen molar-refractivity contribution in [2.75, 3.05) is 11.6 Å². The van der Waals surface area contributed by atoms with Crippen molar-refractivity contribution in [1.82, 2.24) is 9.97 Å². The number of aryl methyl sites for hydroxylation is 1. The summed E-state index contributed by atoms with van der Waals surface area (Å²) in [5.41, 5.74) is 1.05. The van der Waals surface area contributed by atoms with Crippen molar-refractivity contribution in [2.24, 2.45) is 0 Å². The van der Waals surface area contributed by atoms with Gasteiger partial charge in [0.05, 0.1) is 6.10 Å². The van der Waals surface area contributed by atoms with E-state index >= 15 is 0 Å². The fourth-order valence-corrected chi connectivity index (χ4v) is 2.29. The number of nitrogens with one attached hydrogen (secondary N) is 1. The molecule has 2 N–H and O–H groups in total. The number of aliphatic hydroxyl groups excluding tert-OH is 1. The molecule has 0 amide bonds. The molecule has 1 aromatic rings. The molecule has 0 aromatic carbocycles. The van der Waals surface area contributed by atoms with Crippen molar-refractivity contribution in [3.63, 3.8) is 0 Å². The smallest absolute Gasteiger partial charge is 0.189 e. The Hall–Kier alpha value is -0.810. The van der Waals surface area contributed by atoms with Crippen LogP contribution in [0.15, 0.2) is 11.4 Å². The van der Waals surface area contributed by atoms with Crippen molar-refractivity contribution < 1.29 is 5.11 Å². The maximum atomic E-state index is 9.47. The summed E-state index contributed by atoms with van der Waals surface area (Å²) in [6.07, 6.45) is 6.37. The Morgan fingerprint density at radius 2 is 2.31 bits per heavy atom. The molecule has 2 unspecified atom stereocenters. The molecule has 0 saturated heterocycles. The Balaban J connectivity index is 2.08. The third kappa shape index (κ3) is 2.65. The van der Waals surface area contributed by atoms with E-state index in [-0.39, 0.29) is 6.10 Å². The number of hydrogen-bond acceptors (Lipinski definition) is 5. The van der Waals surface area contributed by atoms with Crippen LogP contribution >= 0.6 is 11.8 Å². The fraction of sp³-hybridized carbons (Fsp3) is 0.636. The first-order valence-corrected chi connectivity index (χ1v) is 6.73. The maximum absolute atomic E-state index is 9.47. The lowest BCUT2D eigenvalue weighted by Crippen LogP contribution is -2.18. The molecule has 1 fully saturated rings. The molecule has 1 aliphatic rings.